The first-order valence-electron chi connectivity index (χ1n) is 7.90. The third-order valence-electron chi connectivity index (χ3n) is 3.96. The van der Waals surface area contributed by atoms with Gasteiger partial charge in [-0.25, -0.2) is 4.68 Å². The molecule has 12 heteroatoms. The minimum atomic E-state index is -4.70. The van der Waals surface area contributed by atoms with E-state index in [1.807, 2.05) is 0 Å². The smallest absolute Gasteiger partial charge is 0.453 e. The predicted octanol–water partition coefficient (Wildman–Crippen LogP) is 2.35. The summed E-state index contributed by atoms with van der Waals surface area (Å²) in [5.74, 6) is -0.790. The second kappa shape index (κ2) is 6.51. The van der Waals surface area contributed by atoms with E-state index in [0.717, 1.165) is 16.4 Å². The van der Waals surface area contributed by atoms with Crippen molar-refractivity contribution in [3.63, 3.8) is 0 Å². The van der Waals surface area contributed by atoms with Gasteiger partial charge in [0.05, 0.1) is 12.6 Å². The minimum Gasteiger partial charge on any atom is -0.465 e. The number of aromatic nitrogens is 3. The summed E-state index contributed by atoms with van der Waals surface area (Å²) in [6.07, 6.45) is -4.70. The number of nitrogens with one attached hydrogen (secondary N) is 1. The van der Waals surface area contributed by atoms with Crippen LogP contribution in [0.15, 0.2) is 23.4 Å². The Labute approximate surface area is 155 Å². The molecule has 2 aliphatic rings. The third kappa shape index (κ3) is 3.13. The molecule has 2 unspecified atom stereocenters. The first-order chi connectivity index (χ1) is 12.9. The quantitative estimate of drug-likeness (QED) is 0.783. The van der Waals surface area contributed by atoms with E-state index < -0.39 is 29.3 Å². The lowest BCUT2D eigenvalue weighted by Gasteiger charge is -2.32. The number of thioether (sulfide) groups is 1. The van der Waals surface area contributed by atoms with Gasteiger partial charge in [0.2, 0.25) is 11.9 Å². The van der Waals surface area contributed by atoms with E-state index in [4.69, 9.17) is 14.2 Å². The molecule has 2 atom stereocenters. The lowest BCUT2D eigenvalue weighted by Crippen LogP contribution is -2.40. The Morgan fingerprint density at radius 2 is 2.15 bits per heavy atom. The Hall–Kier alpha value is -2.63. The molecule has 0 saturated carbocycles. The van der Waals surface area contributed by atoms with E-state index in [1.54, 1.807) is 25.1 Å². The molecule has 0 spiro atoms. The summed E-state index contributed by atoms with van der Waals surface area (Å²) >= 11 is 0.858. The summed E-state index contributed by atoms with van der Waals surface area (Å²) in [4.78, 5) is 12.4. The highest BCUT2D eigenvalue weighted by Crippen LogP contribution is 2.42. The Bertz CT molecular complexity index is 888. The number of halogens is 3. The van der Waals surface area contributed by atoms with Crippen molar-refractivity contribution in [1.82, 2.24) is 14.9 Å². The number of alkyl halides is 3. The number of fused-ring (bicyclic) bond motifs is 2. The van der Waals surface area contributed by atoms with Crippen LogP contribution in [-0.2, 0) is 15.7 Å². The van der Waals surface area contributed by atoms with Crippen LogP contribution >= 0.6 is 11.8 Å². The van der Waals surface area contributed by atoms with Gasteiger partial charge in [0.15, 0.2) is 11.5 Å². The molecule has 2 aromatic rings. The summed E-state index contributed by atoms with van der Waals surface area (Å²) in [6, 6.07) is 4.09. The molecule has 27 heavy (non-hydrogen) atoms. The summed E-state index contributed by atoms with van der Waals surface area (Å²) in [5, 5.41) is 5.82. The Morgan fingerprint density at radius 1 is 1.37 bits per heavy atom. The topological polar surface area (TPSA) is 87.5 Å². The highest BCUT2D eigenvalue weighted by Gasteiger charge is 2.45. The molecule has 3 heterocycles. The van der Waals surface area contributed by atoms with Crippen molar-refractivity contribution in [3.8, 4) is 11.5 Å². The molecule has 1 aromatic heterocycles. The van der Waals surface area contributed by atoms with Gasteiger partial charge in [-0.1, -0.05) is 17.8 Å². The molecular weight excluding hydrogens is 389 g/mol. The van der Waals surface area contributed by atoms with Crippen molar-refractivity contribution < 1.29 is 32.2 Å². The van der Waals surface area contributed by atoms with Crippen molar-refractivity contribution in [2.75, 3.05) is 18.8 Å². The van der Waals surface area contributed by atoms with E-state index in [0.29, 0.717) is 17.1 Å². The van der Waals surface area contributed by atoms with Gasteiger partial charge >= 0.3 is 12.1 Å². The highest BCUT2D eigenvalue weighted by molar-refractivity contribution is 8.00. The van der Waals surface area contributed by atoms with Crippen LogP contribution in [0.5, 0.6) is 11.5 Å². The maximum atomic E-state index is 13.2. The molecule has 144 valence electrons. The first-order valence-corrected chi connectivity index (χ1v) is 8.78. The van der Waals surface area contributed by atoms with Crippen LogP contribution in [0.3, 0.4) is 0 Å². The normalized spacial score (nSPS) is 20.7. The predicted molar refractivity (Wildman–Crippen MR) is 86.0 cm³/mol. The van der Waals surface area contributed by atoms with Gasteiger partial charge in [0.25, 0.3) is 5.82 Å². The number of hydrogen-bond acceptors (Lipinski definition) is 8. The Morgan fingerprint density at radius 3 is 2.89 bits per heavy atom. The van der Waals surface area contributed by atoms with E-state index in [-0.39, 0.29) is 18.6 Å². The van der Waals surface area contributed by atoms with Gasteiger partial charge in [0, 0.05) is 0 Å². The number of esters is 1. The van der Waals surface area contributed by atoms with Gasteiger partial charge in [-0.2, -0.15) is 13.2 Å². The zero-order valence-electron chi connectivity index (χ0n) is 13.8. The molecule has 0 fully saturated rings. The van der Waals surface area contributed by atoms with Crippen LogP contribution in [0.4, 0.5) is 13.2 Å². The number of carbonyl (C=O) groups is 1. The van der Waals surface area contributed by atoms with Crippen molar-refractivity contribution in [1.29, 1.82) is 0 Å². The fourth-order valence-electron chi connectivity index (χ4n) is 2.80. The number of hydrogen-bond donors (Lipinski definition) is 1. The molecule has 2 aliphatic heterocycles. The van der Waals surface area contributed by atoms with E-state index >= 15 is 0 Å². The van der Waals surface area contributed by atoms with Gasteiger partial charge in [0.1, 0.15) is 5.25 Å². The van der Waals surface area contributed by atoms with Crippen LogP contribution in [0.25, 0.3) is 0 Å². The summed E-state index contributed by atoms with van der Waals surface area (Å²) < 4.78 is 56.0. The van der Waals surface area contributed by atoms with Gasteiger partial charge in [-0.3, -0.25) is 4.79 Å². The van der Waals surface area contributed by atoms with Crippen LogP contribution in [0.2, 0.25) is 0 Å². The average Bonchev–Trinajstić information content (AvgIpc) is 3.25. The molecule has 0 aliphatic carbocycles. The molecule has 1 N–H and O–H groups in total. The van der Waals surface area contributed by atoms with Gasteiger partial charge < -0.3 is 19.6 Å². The monoisotopic (exact) mass is 402 g/mol. The lowest BCUT2D eigenvalue weighted by molar-refractivity contribution is -0.147. The third-order valence-corrected chi connectivity index (χ3v) is 5.16. The maximum absolute atomic E-state index is 13.2. The molecule has 4 rings (SSSR count). The van der Waals surface area contributed by atoms with E-state index in [1.165, 1.54) is 0 Å². The summed E-state index contributed by atoms with van der Waals surface area (Å²) in [7, 11) is 0. The van der Waals surface area contributed by atoms with Crippen molar-refractivity contribution in [3.05, 3.63) is 29.6 Å². The van der Waals surface area contributed by atoms with Gasteiger partial charge in [-0.05, 0) is 24.6 Å². The number of rotatable bonds is 3. The standard InChI is InChI=1S/C15H13F3N4O4S/c1-2-24-12(23)11-10(7-3-4-8-9(5-7)26-6-25-8)21-22-13(15(16,17)18)19-20-14(22)27-11/h3-5,10-11,21H,2,6H2,1H3. The Kier molecular flexibility index (Phi) is 4.29. The van der Waals surface area contributed by atoms with Crippen molar-refractivity contribution in [2.45, 2.75) is 29.5 Å². The van der Waals surface area contributed by atoms with Crippen LogP contribution < -0.4 is 14.9 Å². The SMILES string of the molecule is CCOC(=O)C1Sc2nnc(C(F)(F)F)n2NC1c1ccc2c(c1)OCO2. The average molecular weight is 402 g/mol. The fourth-order valence-corrected chi connectivity index (χ4v) is 3.88. The zero-order chi connectivity index (χ0) is 19.2. The summed E-state index contributed by atoms with van der Waals surface area (Å²) in [5.41, 5.74) is 3.24. The largest absolute Gasteiger partial charge is 0.465 e. The molecule has 0 bridgehead atoms. The van der Waals surface area contributed by atoms with Crippen molar-refractivity contribution >= 4 is 17.7 Å². The number of carbonyl (C=O) groups excluding carboxylic acids is 1. The molecular formula is C15H13F3N4O4S. The van der Waals surface area contributed by atoms with Crippen LogP contribution in [-0.4, -0.2) is 39.5 Å². The number of ether oxygens (including phenoxy) is 3. The second-order valence-electron chi connectivity index (χ2n) is 5.65. The van der Waals surface area contributed by atoms with E-state index in [9.17, 15) is 18.0 Å². The number of nitrogens with zero attached hydrogens (tertiary/aromatic N) is 3. The second-order valence-corrected chi connectivity index (χ2v) is 6.76. The lowest BCUT2D eigenvalue weighted by atomic mass is 10.0. The molecule has 0 saturated heterocycles. The van der Waals surface area contributed by atoms with Crippen LogP contribution in [0.1, 0.15) is 24.4 Å². The van der Waals surface area contributed by atoms with Crippen LogP contribution in [0, 0.1) is 0 Å². The zero-order valence-corrected chi connectivity index (χ0v) is 14.6. The fraction of sp³-hybridized carbons (Fsp3) is 0.400. The Balaban J connectivity index is 1.75. The number of benzene rings is 1. The van der Waals surface area contributed by atoms with Gasteiger partial charge in [-0.15, -0.1) is 10.2 Å². The molecule has 0 radical (unpaired) electrons. The molecule has 1 aromatic carbocycles. The first kappa shape index (κ1) is 17.8. The highest BCUT2D eigenvalue weighted by atomic mass is 32.2. The summed E-state index contributed by atoms with van der Waals surface area (Å²) in [6.45, 7) is 1.85. The molecule has 8 nitrogen and oxygen atoms in total. The minimum absolute atomic E-state index is 0.0563. The maximum Gasteiger partial charge on any atom is 0.453 e. The molecule has 0 amide bonds. The van der Waals surface area contributed by atoms with E-state index in [2.05, 4.69) is 15.6 Å². The van der Waals surface area contributed by atoms with Crippen molar-refractivity contribution in [2.24, 2.45) is 0 Å².